The van der Waals surface area contributed by atoms with E-state index in [2.05, 4.69) is 0 Å². The second-order valence-corrected chi connectivity index (χ2v) is 7.53. The Morgan fingerprint density at radius 3 is 2.96 bits per heavy atom. The molecule has 138 valence electrons. The van der Waals surface area contributed by atoms with Crippen LogP contribution in [0.25, 0.3) is 10.9 Å². The van der Waals surface area contributed by atoms with Crippen LogP contribution < -0.4 is 5.73 Å². The van der Waals surface area contributed by atoms with Gasteiger partial charge in [-0.1, -0.05) is 18.2 Å². The van der Waals surface area contributed by atoms with Gasteiger partial charge in [0.15, 0.2) is 0 Å². The van der Waals surface area contributed by atoms with Crippen molar-refractivity contribution in [1.82, 2.24) is 9.88 Å². The summed E-state index contributed by atoms with van der Waals surface area (Å²) in [6, 6.07) is 10.1. The summed E-state index contributed by atoms with van der Waals surface area (Å²) in [5.41, 5.74) is 8.95. The van der Waals surface area contributed by atoms with Gasteiger partial charge in [-0.05, 0) is 44.2 Å². The predicted octanol–water partition coefficient (Wildman–Crippen LogP) is 3.48. The van der Waals surface area contributed by atoms with Crippen LogP contribution in [0.2, 0.25) is 0 Å². The van der Waals surface area contributed by atoms with Crippen molar-refractivity contribution < 1.29 is 9.53 Å². The number of aromatic nitrogens is 1. The number of benzene rings is 1. The summed E-state index contributed by atoms with van der Waals surface area (Å²) in [6.45, 7) is 2.33. The summed E-state index contributed by atoms with van der Waals surface area (Å²) in [5.74, 6) is 0.422. The van der Waals surface area contributed by atoms with Crippen LogP contribution in [0.5, 0.6) is 0 Å². The number of anilines is 1. The Hall–Kier alpha value is -2.14. The second kappa shape index (κ2) is 7.62. The predicted molar refractivity (Wildman–Crippen MR) is 103 cm³/mol. The molecule has 2 N–H and O–H groups in total. The molecule has 0 bridgehead atoms. The number of carbonyl (C=O) groups excluding carboxylic acids is 1. The van der Waals surface area contributed by atoms with Gasteiger partial charge in [0, 0.05) is 31.0 Å². The number of rotatable bonds is 3. The molecule has 0 saturated carbocycles. The Kier molecular flexibility index (Phi) is 5.07. The number of hydrogen-bond acceptors (Lipinski definition) is 4. The van der Waals surface area contributed by atoms with Crippen LogP contribution in [0.1, 0.15) is 50.1 Å². The Balaban J connectivity index is 1.48. The Bertz CT molecular complexity index is 786. The van der Waals surface area contributed by atoms with Crippen molar-refractivity contribution in [2.24, 2.45) is 0 Å². The van der Waals surface area contributed by atoms with E-state index < -0.39 is 0 Å². The molecule has 26 heavy (non-hydrogen) atoms. The zero-order chi connectivity index (χ0) is 17.9. The summed E-state index contributed by atoms with van der Waals surface area (Å²) < 4.78 is 5.74. The molecule has 0 aliphatic carbocycles. The van der Waals surface area contributed by atoms with E-state index in [4.69, 9.17) is 15.5 Å². The lowest BCUT2D eigenvalue weighted by Gasteiger charge is -2.34. The third kappa shape index (κ3) is 3.68. The molecule has 0 spiro atoms. The molecule has 1 amide bonds. The third-order valence-corrected chi connectivity index (χ3v) is 5.62. The van der Waals surface area contributed by atoms with Gasteiger partial charge in [0.05, 0.1) is 29.4 Å². The van der Waals surface area contributed by atoms with Crippen LogP contribution >= 0.6 is 0 Å². The molecule has 4 rings (SSSR count). The zero-order valence-electron chi connectivity index (χ0n) is 15.2. The lowest BCUT2D eigenvalue weighted by atomic mass is 9.92. The SMILES string of the molecule is Nc1cc2ccccc2nc1[C@H]1CCCN(C(=O)C[C@H]2CCCCO2)C1. The standard InChI is InChI=1S/C21H27N3O2/c22-18-12-15-6-1-2-9-19(15)23-21(18)16-7-5-10-24(14-16)20(25)13-17-8-3-4-11-26-17/h1-2,6,9,12,16-17H,3-5,7-8,10-11,13-14,22H2/t16-,17+/m0/s1. The largest absolute Gasteiger partial charge is 0.397 e. The molecule has 2 fully saturated rings. The van der Waals surface area contributed by atoms with Gasteiger partial charge < -0.3 is 15.4 Å². The molecular formula is C21H27N3O2. The molecule has 1 aromatic heterocycles. The molecule has 2 aliphatic heterocycles. The van der Waals surface area contributed by atoms with Gasteiger partial charge in [-0.3, -0.25) is 9.78 Å². The molecule has 5 heteroatoms. The van der Waals surface area contributed by atoms with E-state index in [0.717, 1.165) is 67.5 Å². The summed E-state index contributed by atoms with van der Waals surface area (Å²) in [5, 5.41) is 1.06. The fourth-order valence-corrected chi connectivity index (χ4v) is 4.19. The fraction of sp³-hybridized carbons (Fsp3) is 0.524. The molecule has 3 heterocycles. The second-order valence-electron chi connectivity index (χ2n) is 7.53. The van der Waals surface area contributed by atoms with Crippen molar-refractivity contribution in [3.8, 4) is 0 Å². The normalized spacial score (nSPS) is 23.9. The fourth-order valence-electron chi connectivity index (χ4n) is 4.19. The highest BCUT2D eigenvalue weighted by atomic mass is 16.5. The summed E-state index contributed by atoms with van der Waals surface area (Å²) in [4.78, 5) is 19.5. The average molecular weight is 353 g/mol. The van der Waals surface area contributed by atoms with E-state index in [1.54, 1.807) is 0 Å². The van der Waals surface area contributed by atoms with Crippen molar-refractivity contribution in [2.45, 2.75) is 50.5 Å². The van der Waals surface area contributed by atoms with Crippen molar-refractivity contribution in [1.29, 1.82) is 0 Å². The first-order valence-corrected chi connectivity index (χ1v) is 9.75. The highest BCUT2D eigenvalue weighted by Crippen LogP contribution is 2.32. The third-order valence-electron chi connectivity index (χ3n) is 5.62. The van der Waals surface area contributed by atoms with Gasteiger partial charge >= 0.3 is 0 Å². The van der Waals surface area contributed by atoms with Crippen molar-refractivity contribution in [2.75, 3.05) is 25.4 Å². The first-order valence-electron chi connectivity index (χ1n) is 9.75. The van der Waals surface area contributed by atoms with Crippen molar-refractivity contribution in [3.05, 3.63) is 36.0 Å². The Labute approximate surface area is 154 Å². The molecule has 2 aromatic rings. The minimum Gasteiger partial charge on any atom is -0.397 e. The Morgan fingerprint density at radius 2 is 2.12 bits per heavy atom. The van der Waals surface area contributed by atoms with Crippen LogP contribution in [-0.4, -0.2) is 41.6 Å². The van der Waals surface area contributed by atoms with Gasteiger partial charge in [-0.2, -0.15) is 0 Å². The minimum absolute atomic E-state index is 0.0977. The summed E-state index contributed by atoms with van der Waals surface area (Å²) in [6.07, 6.45) is 5.91. The number of nitrogens with two attached hydrogens (primary N) is 1. The molecule has 2 saturated heterocycles. The number of pyridine rings is 1. The van der Waals surface area contributed by atoms with Crippen molar-refractivity contribution >= 4 is 22.5 Å². The van der Waals surface area contributed by atoms with Gasteiger partial charge in [-0.25, -0.2) is 0 Å². The number of fused-ring (bicyclic) bond motifs is 1. The molecule has 0 radical (unpaired) electrons. The number of ether oxygens (including phenoxy) is 1. The van der Waals surface area contributed by atoms with Gasteiger partial charge in [0.1, 0.15) is 0 Å². The minimum atomic E-state index is 0.0977. The summed E-state index contributed by atoms with van der Waals surface area (Å²) >= 11 is 0. The number of nitrogens with zero attached hydrogens (tertiary/aromatic N) is 2. The maximum atomic E-state index is 12.7. The van der Waals surface area contributed by atoms with E-state index in [9.17, 15) is 4.79 Å². The van der Waals surface area contributed by atoms with Gasteiger partial charge in [0.25, 0.3) is 0 Å². The topological polar surface area (TPSA) is 68.5 Å². The van der Waals surface area contributed by atoms with Crippen LogP contribution in [0.4, 0.5) is 5.69 Å². The van der Waals surface area contributed by atoms with E-state index in [1.807, 2.05) is 35.2 Å². The highest BCUT2D eigenvalue weighted by molar-refractivity contribution is 5.82. The smallest absolute Gasteiger partial charge is 0.225 e. The Morgan fingerprint density at radius 1 is 1.23 bits per heavy atom. The molecule has 1 aromatic carbocycles. The van der Waals surface area contributed by atoms with Crippen LogP contribution in [0.15, 0.2) is 30.3 Å². The summed E-state index contributed by atoms with van der Waals surface area (Å²) in [7, 11) is 0. The lowest BCUT2D eigenvalue weighted by molar-refractivity contribution is -0.136. The highest BCUT2D eigenvalue weighted by Gasteiger charge is 2.29. The van der Waals surface area contributed by atoms with E-state index in [-0.39, 0.29) is 17.9 Å². The first kappa shape index (κ1) is 17.3. The zero-order valence-corrected chi connectivity index (χ0v) is 15.2. The van der Waals surface area contributed by atoms with E-state index in [0.29, 0.717) is 13.0 Å². The van der Waals surface area contributed by atoms with E-state index >= 15 is 0 Å². The average Bonchev–Trinajstić information content (AvgIpc) is 2.68. The first-order chi connectivity index (χ1) is 12.7. The molecule has 2 atom stereocenters. The monoisotopic (exact) mass is 353 g/mol. The van der Waals surface area contributed by atoms with Gasteiger partial charge in [-0.15, -0.1) is 0 Å². The number of hydrogen-bond donors (Lipinski definition) is 1. The van der Waals surface area contributed by atoms with E-state index in [1.165, 1.54) is 0 Å². The quantitative estimate of drug-likeness (QED) is 0.917. The number of amides is 1. The lowest BCUT2D eigenvalue weighted by Crippen LogP contribution is -2.41. The molecule has 5 nitrogen and oxygen atoms in total. The maximum absolute atomic E-state index is 12.7. The number of nitrogen functional groups attached to an aromatic ring is 1. The molecule has 2 aliphatic rings. The molecule has 0 unspecified atom stereocenters. The van der Waals surface area contributed by atoms with Crippen molar-refractivity contribution in [3.63, 3.8) is 0 Å². The van der Waals surface area contributed by atoms with Gasteiger partial charge in [0.2, 0.25) is 5.91 Å². The number of carbonyl (C=O) groups is 1. The van der Waals surface area contributed by atoms with Crippen LogP contribution in [0.3, 0.4) is 0 Å². The number of likely N-dealkylation sites (tertiary alicyclic amines) is 1. The van der Waals surface area contributed by atoms with Crippen LogP contribution in [-0.2, 0) is 9.53 Å². The molecular weight excluding hydrogens is 326 g/mol. The number of para-hydroxylation sites is 1. The number of piperidine rings is 1. The maximum Gasteiger partial charge on any atom is 0.225 e. The van der Waals surface area contributed by atoms with Crippen LogP contribution in [0, 0.1) is 0 Å².